The van der Waals surface area contributed by atoms with E-state index in [1.165, 1.54) is 6.92 Å². The predicted octanol–water partition coefficient (Wildman–Crippen LogP) is 3.30. The molecule has 0 atom stereocenters. The molecule has 16 heavy (non-hydrogen) atoms. The molecule has 0 aliphatic rings. The zero-order chi connectivity index (χ0) is 11.7. The minimum absolute atomic E-state index is 0.0132. The van der Waals surface area contributed by atoms with Crippen LogP contribution in [0.5, 0.6) is 0 Å². The van der Waals surface area contributed by atoms with Gasteiger partial charge in [-0.05, 0) is 24.6 Å². The standard InChI is InChI=1S/C12H13ClN2O/c1-3-6-15-11-5-4-9(13)7-10(11)14-12(15)8(2)16/h4-5,7H,3,6H2,1-2H3. The maximum Gasteiger partial charge on any atom is 0.195 e. The highest BCUT2D eigenvalue weighted by molar-refractivity contribution is 6.31. The molecule has 4 heteroatoms. The number of ketones is 1. The lowest BCUT2D eigenvalue weighted by Gasteiger charge is -2.04. The van der Waals surface area contributed by atoms with E-state index < -0.39 is 0 Å². The molecule has 1 aromatic carbocycles. The van der Waals surface area contributed by atoms with Crippen LogP contribution in [0.15, 0.2) is 18.2 Å². The molecule has 0 saturated carbocycles. The lowest BCUT2D eigenvalue weighted by Crippen LogP contribution is -2.07. The van der Waals surface area contributed by atoms with Crippen LogP contribution in [0.1, 0.15) is 30.9 Å². The number of imidazole rings is 1. The number of nitrogens with zero attached hydrogens (tertiary/aromatic N) is 2. The number of hydrogen-bond donors (Lipinski definition) is 0. The number of halogens is 1. The zero-order valence-corrected chi connectivity index (χ0v) is 10.1. The molecule has 3 nitrogen and oxygen atoms in total. The molecule has 0 radical (unpaired) electrons. The molecular formula is C12H13ClN2O. The second-order valence-corrected chi connectivity index (χ2v) is 4.21. The predicted molar refractivity (Wildman–Crippen MR) is 65.0 cm³/mol. The fraction of sp³-hybridized carbons (Fsp3) is 0.333. The minimum Gasteiger partial charge on any atom is -0.322 e. The number of Topliss-reactive ketones (excluding diaryl/α,β-unsaturated/α-hetero) is 1. The molecule has 0 unspecified atom stereocenters. The second-order valence-electron chi connectivity index (χ2n) is 3.78. The van der Waals surface area contributed by atoms with Gasteiger partial charge in [0.1, 0.15) is 0 Å². The van der Waals surface area contributed by atoms with E-state index in [0.717, 1.165) is 24.0 Å². The molecule has 0 bridgehead atoms. The van der Waals surface area contributed by atoms with Crippen LogP contribution in [-0.4, -0.2) is 15.3 Å². The molecular weight excluding hydrogens is 224 g/mol. The third-order valence-corrected chi connectivity index (χ3v) is 2.71. The Labute approximate surface area is 99.0 Å². The smallest absolute Gasteiger partial charge is 0.195 e. The first kappa shape index (κ1) is 11.1. The molecule has 0 aliphatic heterocycles. The normalized spacial score (nSPS) is 10.9. The summed E-state index contributed by atoms with van der Waals surface area (Å²) >= 11 is 5.90. The summed E-state index contributed by atoms with van der Waals surface area (Å²) in [6.45, 7) is 4.41. The van der Waals surface area contributed by atoms with Gasteiger partial charge in [-0.3, -0.25) is 4.79 Å². The molecule has 1 aromatic heterocycles. The number of benzene rings is 1. The SMILES string of the molecule is CCCn1c(C(C)=O)nc2cc(Cl)ccc21. The number of hydrogen-bond acceptors (Lipinski definition) is 2. The van der Waals surface area contributed by atoms with Crippen molar-refractivity contribution < 1.29 is 4.79 Å². The van der Waals surface area contributed by atoms with Gasteiger partial charge in [0.25, 0.3) is 0 Å². The van der Waals surface area contributed by atoms with Gasteiger partial charge in [-0.15, -0.1) is 0 Å². The zero-order valence-electron chi connectivity index (χ0n) is 9.33. The van der Waals surface area contributed by atoms with Crippen LogP contribution in [0.25, 0.3) is 11.0 Å². The number of carbonyl (C=O) groups excluding carboxylic acids is 1. The van der Waals surface area contributed by atoms with E-state index in [0.29, 0.717) is 10.8 Å². The topological polar surface area (TPSA) is 34.9 Å². The average molecular weight is 237 g/mol. The first-order chi connectivity index (χ1) is 7.63. The van der Waals surface area contributed by atoms with Crippen molar-refractivity contribution in [1.29, 1.82) is 0 Å². The Morgan fingerprint density at radius 3 is 2.88 bits per heavy atom. The Balaban J connectivity index is 2.70. The maximum atomic E-state index is 11.5. The van der Waals surface area contributed by atoms with Gasteiger partial charge in [0.2, 0.25) is 0 Å². The lowest BCUT2D eigenvalue weighted by atomic mass is 10.3. The highest BCUT2D eigenvalue weighted by atomic mass is 35.5. The van der Waals surface area contributed by atoms with E-state index in [4.69, 9.17) is 11.6 Å². The van der Waals surface area contributed by atoms with Gasteiger partial charge >= 0.3 is 0 Å². The molecule has 2 rings (SSSR count). The maximum absolute atomic E-state index is 11.5. The molecule has 0 fully saturated rings. The van der Waals surface area contributed by atoms with Crippen molar-refractivity contribution in [2.75, 3.05) is 0 Å². The number of aromatic nitrogens is 2. The van der Waals surface area contributed by atoms with Crippen molar-refractivity contribution in [2.24, 2.45) is 0 Å². The molecule has 0 spiro atoms. The third kappa shape index (κ3) is 1.83. The largest absolute Gasteiger partial charge is 0.322 e. The molecule has 0 aliphatic carbocycles. The van der Waals surface area contributed by atoms with Gasteiger partial charge in [-0.25, -0.2) is 4.98 Å². The van der Waals surface area contributed by atoms with Crippen molar-refractivity contribution >= 4 is 28.4 Å². The quantitative estimate of drug-likeness (QED) is 0.767. The Morgan fingerprint density at radius 2 is 2.25 bits per heavy atom. The molecule has 0 amide bonds. The summed E-state index contributed by atoms with van der Waals surface area (Å²) in [5.41, 5.74) is 1.75. The summed E-state index contributed by atoms with van der Waals surface area (Å²) in [6, 6.07) is 5.52. The Morgan fingerprint density at radius 1 is 1.50 bits per heavy atom. The summed E-state index contributed by atoms with van der Waals surface area (Å²) in [6.07, 6.45) is 0.967. The highest BCUT2D eigenvalue weighted by Crippen LogP contribution is 2.21. The summed E-state index contributed by atoms with van der Waals surface area (Å²) in [7, 11) is 0. The van der Waals surface area contributed by atoms with Crippen LogP contribution in [0, 0.1) is 0 Å². The highest BCUT2D eigenvalue weighted by Gasteiger charge is 2.13. The van der Waals surface area contributed by atoms with E-state index in [-0.39, 0.29) is 5.78 Å². The van der Waals surface area contributed by atoms with Crippen LogP contribution >= 0.6 is 11.6 Å². The summed E-state index contributed by atoms with van der Waals surface area (Å²) in [4.78, 5) is 15.8. The van der Waals surface area contributed by atoms with Gasteiger partial charge in [0, 0.05) is 18.5 Å². The summed E-state index contributed by atoms with van der Waals surface area (Å²) in [5.74, 6) is 0.500. The Hall–Kier alpha value is -1.35. The fourth-order valence-electron chi connectivity index (χ4n) is 1.82. The Bertz CT molecular complexity index is 545. The van der Waals surface area contributed by atoms with Crippen molar-refractivity contribution in [3.8, 4) is 0 Å². The third-order valence-electron chi connectivity index (χ3n) is 2.47. The monoisotopic (exact) mass is 236 g/mol. The van der Waals surface area contributed by atoms with Gasteiger partial charge < -0.3 is 4.57 Å². The van der Waals surface area contributed by atoms with Crippen LogP contribution in [-0.2, 0) is 6.54 Å². The van der Waals surface area contributed by atoms with Crippen molar-refractivity contribution in [3.05, 3.63) is 29.0 Å². The first-order valence-electron chi connectivity index (χ1n) is 5.30. The second kappa shape index (κ2) is 4.26. The van der Waals surface area contributed by atoms with E-state index in [1.807, 2.05) is 16.7 Å². The van der Waals surface area contributed by atoms with Gasteiger partial charge in [-0.1, -0.05) is 18.5 Å². The van der Waals surface area contributed by atoms with E-state index in [2.05, 4.69) is 11.9 Å². The van der Waals surface area contributed by atoms with E-state index >= 15 is 0 Å². The van der Waals surface area contributed by atoms with Crippen molar-refractivity contribution in [3.63, 3.8) is 0 Å². The number of aryl methyl sites for hydroxylation is 1. The van der Waals surface area contributed by atoms with Crippen molar-refractivity contribution in [2.45, 2.75) is 26.8 Å². The van der Waals surface area contributed by atoms with Crippen LogP contribution in [0.3, 0.4) is 0 Å². The molecule has 1 heterocycles. The first-order valence-corrected chi connectivity index (χ1v) is 5.68. The number of fused-ring (bicyclic) bond motifs is 1. The average Bonchev–Trinajstić information content (AvgIpc) is 2.57. The summed E-state index contributed by atoms with van der Waals surface area (Å²) in [5, 5.41) is 0.642. The van der Waals surface area contributed by atoms with Crippen LogP contribution in [0.4, 0.5) is 0 Å². The van der Waals surface area contributed by atoms with Crippen LogP contribution in [0.2, 0.25) is 5.02 Å². The van der Waals surface area contributed by atoms with Crippen molar-refractivity contribution in [1.82, 2.24) is 9.55 Å². The fourth-order valence-corrected chi connectivity index (χ4v) is 1.99. The molecule has 2 aromatic rings. The molecule has 0 saturated heterocycles. The van der Waals surface area contributed by atoms with Gasteiger partial charge in [0.15, 0.2) is 11.6 Å². The minimum atomic E-state index is -0.0132. The van der Waals surface area contributed by atoms with E-state index in [1.54, 1.807) is 6.07 Å². The lowest BCUT2D eigenvalue weighted by molar-refractivity contribution is 0.1000. The molecule has 0 N–H and O–H groups in total. The number of rotatable bonds is 3. The summed E-state index contributed by atoms with van der Waals surface area (Å²) < 4.78 is 1.95. The van der Waals surface area contributed by atoms with E-state index in [9.17, 15) is 4.79 Å². The van der Waals surface area contributed by atoms with Gasteiger partial charge in [-0.2, -0.15) is 0 Å². The van der Waals surface area contributed by atoms with Gasteiger partial charge in [0.05, 0.1) is 11.0 Å². The number of carbonyl (C=O) groups is 1. The van der Waals surface area contributed by atoms with Crippen LogP contribution < -0.4 is 0 Å². The Kier molecular flexibility index (Phi) is 2.97. The molecule has 84 valence electrons.